The molecular formula is C22H22N6O3. The molecule has 0 N–H and O–H groups in total. The molecule has 158 valence electrons. The summed E-state index contributed by atoms with van der Waals surface area (Å²) >= 11 is 0. The van der Waals surface area contributed by atoms with E-state index in [0.717, 1.165) is 6.42 Å². The summed E-state index contributed by atoms with van der Waals surface area (Å²) in [4.78, 5) is 42.6. The van der Waals surface area contributed by atoms with Crippen molar-refractivity contribution in [2.75, 3.05) is 25.1 Å². The van der Waals surface area contributed by atoms with Crippen LogP contribution in [0.3, 0.4) is 0 Å². The second-order valence-electron chi connectivity index (χ2n) is 7.82. The van der Waals surface area contributed by atoms with Crippen LogP contribution < -0.4 is 15.2 Å². The number of ether oxygens (including phenoxy) is 1. The number of methoxy groups -OCH3 is 1. The van der Waals surface area contributed by atoms with Crippen LogP contribution >= 0.6 is 0 Å². The molecule has 5 rings (SSSR count). The zero-order valence-electron chi connectivity index (χ0n) is 17.3. The molecule has 1 aromatic carbocycles. The number of hydrogen-bond acceptors (Lipinski definition) is 7. The summed E-state index contributed by atoms with van der Waals surface area (Å²) in [5.41, 5.74) is 1.60. The molecule has 2 fully saturated rings. The zero-order chi connectivity index (χ0) is 21.5. The van der Waals surface area contributed by atoms with Crippen molar-refractivity contribution in [3.05, 3.63) is 64.8 Å². The number of nitrogens with zero attached hydrogens (tertiary/aromatic N) is 6. The van der Waals surface area contributed by atoms with E-state index < -0.39 is 0 Å². The lowest BCUT2D eigenvalue weighted by atomic mass is 10.1. The Labute approximate surface area is 178 Å². The normalized spacial score (nSPS) is 19.7. The third-order valence-corrected chi connectivity index (χ3v) is 6.03. The first kappa shape index (κ1) is 19.2. The van der Waals surface area contributed by atoms with Gasteiger partial charge in [0.15, 0.2) is 0 Å². The number of fused-ring (bicyclic) bond motifs is 2. The predicted octanol–water partition coefficient (Wildman–Crippen LogP) is 1.35. The zero-order valence-corrected chi connectivity index (χ0v) is 17.3. The first-order valence-corrected chi connectivity index (χ1v) is 10.1. The molecule has 3 aromatic rings. The smallest absolute Gasteiger partial charge is 0.255 e. The molecule has 0 aliphatic carbocycles. The summed E-state index contributed by atoms with van der Waals surface area (Å²) in [6, 6.07) is 10.6. The molecule has 0 radical (unpaired) electrons. The fraction of sp³-hybridized carbons (Fsp3) is 0.318. The van der Waals surface area contributed by atoms with Gasteiger partial charge in [-0.15, -0.1) is 0 Å². The molecule has 2 atom stereocenters. The molecule has 2 aliphatic heterocycles. The number of carbonyl (C=O) groups excluding carboxylic acids is 1. The van der Waals surface area contributed by atoms with Crippen molar-refractivity contribution in [2.24, 2.45) is 7.05 Å². The lowest BCUT2D eigenvalue weighted by Crippen LogP contribution is -2.50. The number of piperazine rings is 1. The van der Waals surface area contributed by atoms with Crippen LogP contribution in [0.25, 0.3) is 11.4 Å². The van der Waals surface area contributed by atoms with Gasteiger partial charge < -0.3 is 14.5 Å². The lowest BCUT2D eigenvalue weighted by Gasteiger charge is -2.35. The Morgan fingerprint density at radius 1 is 1.13 bits per heavy atom. The third-order valence-electron chi connectivity index (χ3n) is 6.03. The minimum Gasteiger partial charge on any atom is -0.497 e. The highest BCUT2D eigenvalue weighted by atomic mass is 16.5. The molecule has 2 unspecified atom stereocenters. The van der Waals surface area contributed by atoms with Gasteiger partial charge in [0.05, 0.1) is 30.6 Å². The SMILES string of the molecule is COc1cccc(C(=O)N2CC3CC2CN3c2nc(-c3ccncn3)cc(=O)n2C)c1. The fourth-order valence-corrected chi connectivity index (χ4v) is 4.44. The summed E-state index contributed by atoms with van der Waals surface area (Å²) in [5.74, 6) is 1.27. The maximum absolute atomic E-state index is 13.1. The maximum Gasteiger partial charge on any atom is 0.255 e. The number of anilines is 1. The van der Waals surface area contributed by atoms with Gasteiger partial charge in [-0.3, -0.25) is 14.2 Å². The third kappa shape index (κ3) is 3.31. The van der Waals surface area contributed by atoms with Crippen LogP contribution in [0.5, 0.6) is 5.75 Å². The summed E-state index contributed by atoms with van der Waals surface area (Å²) in [6.45, 7) is 1.22. The van der Waals surface area contributed by atoms with E-state index in [9.17, 15) is 9.59 Å². The van der Waals surface area contributed by atoms with Gasteiger partial charge in [0.1, 0.15) is 12.1 Å². The van der Waals surface area contributed by atoms with E-state index in [4.69, 9.17) is 9.72 Å². The molecule has 4 heterocycles. The van der Waals surface area contributed by atoms with Gasteiger partial charge in [-0.2, -0.15) is 0 Å². The number of rotatable bonds is 4. The quantitative estimate of drug-likeness (QED) is 0.631. The molecule has 0 spiro atoms. The van der Waals surface area contributed by atoms with E-state index in [-0.39, 0.29) is 23.6 Å². The minimum atomic E-state index is -0.148. The van der Waals surface area contributed by atoms with Crippen LogP contribution in [0.2, 0.25) is 0 Å². The minimum absolute atomic E-state index is 0.00244. The number of amides is 1. The summed E-state index contributed by atoms with van der Waals surface area (Å²) in [5, 5.41) is 0. The van der Waals surface area contributed by atoms with Crippen molar-refractivity contribution in [3.8, 4) is 17.1 Å². The van der Waals surface area contributed by atoms with E-state index in [1.807, 2.05) is 23.1 Å². The topological polar surface area (TPSA) is 93.5 Å². The van der Waals surface area contributed by atoms with Crippen molar-refractivity contribution >= 4 is 11.9 Å². The van der Waals surface area contributed by atoms with Gasteiger partial charge in [-0.05, 0) is 30.7 Å². The van der Waals surface area contributed by atoms with Crippen LogP contribution in [0.1, 0.15) is 16.8 Å². The van der Waals surface area contributed by atoms with Gasteiger partial charge >= 0.3 is 0 Å². The van der Waals surface area contributed by atoms with Gasteiger partial charge in [0.2, 0.25) is 5.95 Å². The summed E-state index contributed by atoms with van der Waals surface area (Å²) < 4.78 is 6.80. The predicted molar refractivity (Wildman–Crippen MR) is 114 cm³/mol. The van der Waals surface area contributed by atoms with Crippen molar-refractivity contribution < 1.29 is 9.53 Å². The lowest BCUT2D eigenvalue weighted by molar-refractivity contribution is 0.0724. The first-order valence-electron chi connectivity index (χ1n) is 10.1. The van der Waals surface area contributed by atoms with Gasteiger partial charge in [0.25, 0.3) is 11.5 Å². The molecular weight excluding hydrogens is 396 g/mol. The molecule has 1 amide bonds. The Morgan fingerprint density at radius 2 is 2.00 bits per heavy atom. The van der Waals surface area contributed by atoms with Crippen molar-refractivity contribution in [1.82, 2.24) is 24.4 Å². The van der Waals surface area contributed by atoms with E-state index in [1.165, 1.54) is 12.4 Å². The Balaban J connectivity index is 1.40. The average molecular weight is 418 g/mol. The van der Waals surface area contributed by atoms with Crippen LogP contribution in [0, 0.1) is 0 Å². The average Bonchev–Trinajstić information content (AvgIpc) is 3.42. The molecule has 31 heavy (non-hydrogen) atoms. The molecule has 2 aromatic heterocycles. The van der Waals surface area contributed by atoms with Crippen LogP contribution in [0.4, 0.5) is 5.95 Å². The Hall–Kier alpha value is -3.75. The molecule has 2 saturated heterocycles. The monoisotopic (exact) mass is 418 g/mol. The number of aromatic nitrogens is 4. The first-order chi connectivity index (χ1) is 15.0. The van der Waals surface area contributed by atoms with Gasteiger partial charge in [-0.1, -0.05) is 6.07 Å². The summed E-state index contributed by atoms with van der Waals surface area (Å²) in [7, 11) is 3.31. The van der Waals surface area contributed by atoms with E-state index in [0.29, 0.717) is 41.7 Å². The Morgan fingerprint density at radius 3 is 2.71 bits per heavy atom. The van der Waals surface area contributed by atoms with Gasteiger partial charge in [-0.25, -0.2) is 15.0 Å². The molecule has 2 aliphatic rings. The molecule has 9 nitrogen and oxygen atoms in total. The number of likely N-dealkylation sites (tertiary alicyclic amines) is 1. The van der Waals surface area contributed by atoms with Crippen LogP contribution in [-0.4, -0.2) is 62.6 Å². The highest BCUT2D eigenvalue weighted by Gasteiger charge is 2.46. The Bertz CT molecular complexity index is 1200. The number of hydrogen-bond donors (Lipinski definition) is 0. The highest BCUT2D eigenvalue weighted by Crippen LogP contribution is 2.35. The number of carbonyl (C=O) groups is 1. The standard InChI is InChI=1S/C22H22N6O3/c1-26-20(29)10-19(18-6-7-23-13-24-18)25-22(26)28-12-15-9-16(28)11-27(15)21(30)14-4-3-5-17(8-14)31-2/h3-8,10,13,15-16H,9,11-12H2,1-2H3. The van der Waals surface area contributed by atoms with E-state index in [1.54, 1.807) is 37.1 Å². The fourth-order valence-electron chi connectivity index (χ4n) is 4.44. The van der Waals surface area contributed by atoms with E-state index in [2.05, 4.69) is 14.9 Å². The number of benzene rings is 1. The Kier molecular flexibility index (Phi) is 4.65. The van der Waals surface area contributed by atoms with Crippen LogP contribution in [0.15, 0.2) is 53.7 Å². The van der Waals surface area contributed by atoms with Crippen molar-refractivity contribution in [3.63, 3.8) is 0 Å². The second kappa shape index (κ2) is 7.50. The van der Waals surface area contributed by atoms with Crippen LogP contribution in [-0.2, 0) is 7.05 Å². The van der Waals surface area contributed by atoms with Crippen molar-refractivity contribution in [1.29, 1.82) is 0 Å². The molecule has 9 heteroatoms. The van der Waals surface area contributed by atoms with Gasteiger partial charge in [0, 0.05) is 38.0 Å². The molecule has 0 saturated carbocycles. The second-order valence-corrected chi connectivity index (χ2v) is 7.82. The summed E-state index contributed by atoms with van der Waals surface area (Å²) in [6.07, 6.45) is 3.92. The largest absolute Gasteiger partial charge is 0.497 e. The highest BCUT2D eigenvalue weighted by molar-refractivity contribution is 5.95. The molecule has 2 bridgehead atoms. The maximum atomic E-state index is 13.1. The van der Waals surface area contributed by atoms with Crippen molar-refractivity contribution in [2.45, 2.75) is 18.5 Å². The van der Waals surface area contributed by atoms with E-state index >= 15 is 0 Å².